The lowest BCUT2D eigenvalue weighted by Crippen LogP contribution is -2.33. The Bertz CT molecular complexity index is 518. The van der Waals surface area contributed by atoms with Crippen LogP contribution in [0.3, 0.4) is 0 Å². The van der Waals surface area contributed by atoms with Crippen LogP contribution < -0.4 is 5.32 Å². The Morgan fingerprint density at radius 1 is 1.29 bits per heavy atom. The second-order valence-corrected chi connectivity index (χ2v) is 5.33. The number of hydrogen-bond donors (Lipinski definition) is 2. The number of carboxylic acid groups (broad SMARTS) is 1. The standard InChI is InChI=1S/C16H21NO4/c1-16(2,21-3)10-14(18)17-11-13-6-4-12(5-7-13)8-9-15(19)20/h4-9H,10-11H2,1-3H3,(H,17,18)(H,19,20)/b9-8+. The molecule has 5 nitrogen and oxygen atoms in total. The van der Waals surface area contributed by atoms with E-state index < -0.39 is 11.6 Å². The number of aliphatic carboxylic acids is 1. The second-order valence-electron chi connectivity index (χ2n) is 5.33. The predicted octanol–water partition coefficient (Wildman–Crippen LogP) is 2.22. The van der Waals surface area contributed by atoms with Crippen molar-refractivity contribution in [1.29, 1.82) is 0 Å². The summed E-state index contributed by atoms with van der Waals surface area (Å²) in [5, 5.41) is 11.4. The van der Waals surface area contributed by atoms with E-state index in [1.54, 1.807) is 19.2 Å². The molecule has 1 amide bonds. The Morgan fingerprint density at radius 3 is 2.43 bits per heavy atom. The Balaban J connectivity index is 2.49. The number of amides is 1. The first-order valence-corrected chi connectivity index (χ1v) is 6.64. The first-order valence-electron chi connectivity index (χ1n) is 6.64. The van der Waals surface area contributed by atoms with E-state index in [4.69, 9.17) is 9.84 Å². The third-order valence-electron chi connectivity index (χ3n) is 3.03. The molecule has 0 aliphatic carbocycles. The van der Waals surface area contributed by atoms with E-state index in [0.717, 1.165) is 17.2 Å². The molecule has 0 aromatic heterocycles. The second kappa shape index (κ2) is 7.59. The van der Waals surface area contributed by atoms with Crippen LogP contribution in [0.1, 0.15) is 31.4 Å². The molecule has 1 aromatic carbocycles. The minimum Gasteiger partial charge on any atom is -0.478 e. The topological polar surface area (TPSA) is 75.6 Å². The van der Waals surface area contributed by atoms with Crippen molar-refractivity contribution in [2.75, 3.05) is 7.11 Å². The van der Waals surface area contributed by atoms with Gasteiger partial charge in [0.2, 0.25) is 5.91 Å². The van der Waals surface area contributed by atoms with Gasteiger partial charge in [0, 0.05) is 19.7 Å². The number of methoxy groups -OCH3 is 1. The zero-order valence-corrected chi connectivity index (χ0v) is 12.6. The van der Waals surface area contributed by atoms with E-state index >= 15 is 0 Å². The van der Waals surface area contributed by atoms with Gasteiger partial charge in [-0.15, -0.1) is 0 Å². The Hall–Kier alpha value is -2.14. The lowest BCUT2D eigenvalue weighted by Gasteiger charge is -2.21. The molecular weight excluding hydrogens is 270 g/mol. The molecular formula is C16H21NO4. The molecule has 0 bridgehead atoms. The highest BCUT2D eigenvalue weighted by Crippen LogP contribution is 2.12. The number of nitrogens with one attached hydrogen (secondary N) is 1. The minimum absolute atomic E-state index is 0.0725. The number of carbonyl (C=O) groups excluding carboxylic acids is 1. The van der Waals surface area contributed by atoms with E-state index in [9.17, 15) is 9.59 Å². The summed E-state index contributed by atoms with van der Waals surface area (Å²) in [6.07, 6.45) is 2.90. The molecule has 0 radical (unpaired) electrons. The van der Waals surface area contributed by atoms with Crippen molar-refractivity contribution in [1.82, 2.24) is 5.32 Å². The molecule has 0 atom stereocenters. The molecule has 0 aliphatic heterocycles. The summed E-state index contributed by atoms with van der Waals surface area (Å²) in [4.78, 5) is 22.2. The molecule has 0 spiro atoms. The van der Waals surface area contributed by atoms with Crippen molar-refractivity contribution in [3.05, 3.63) is 41.5 Å². The van der Waals surface area contributed by atoms with Crippen molar-refractivity contribution < 1.29 is 19.4 Å². The van der Waals surface area contributed by atoms with Crippen molar-refractivity contribution in [3.8, 4) is 0 Å². The quantitative estimate of drug-likeness (QED) is 0.755. The summed E-state index contributed by atoms with van der Waals surface area (Å²) in [6, 6.07) is 7.31. The van der Waals surface area contributed by atoms with Gasteiger partial charge in [-0.25, -0.2) is 4.79 Å². The maximum Gasteiger partial charge on any atom is 0.328 e. The molecule has 1 aromatic rings. The fourth-order valence-electron chi connectivity index (χ4n) is 1.64. The fraction of sp³-hybridized carbons (Fsp3) is 0.375. The molecule has 0 saturated carbocycles. The summed E-state index contributed by atoms with van der Waals surface area (Å²) in [5.74, 6) is -1.05. The van der Waals surface area contributed by atoms with Crippen LogP contribution in [0.4, 0.5) is 0 Å². The van der Waals surface area contributed by atoms with Crippen LogP contribution in [-0.2, 0) is 20.9 Å². The molecule has 0 saturated heterocycles. The summed E-state index contributed by atoms with van der Waals surface area (Å²) >= 11 is 0. The van der Waals surface area contributed by atoms with Gasteiger partial charge < -0.3 is 15.2 Å². The molecule has 1 rings (SSSR count). The molecule has 114 valence electrons. The lowest BCUT2D eigenvalue weighted by molar-refractivity contribution is -0.131. The number of ether oxygens (including phenoxy) is 1. The van der Waals surface area contributed by atoms with E-state index in [1.807, 2.05) is 26.0 Å². The number of benzene rings is 1. The zero-order valence-electron chi connectivity index (χ0n) is 12.6. The summed E-state index contributed by atoms with van der Waals surface area (Å²) in [6.45, 7) is 4.15. The van der Waals surface area contributed by atoms with E-state index in [0.29, 0.717) is 13.0 Å². The van der Waals surface area contributed by atoms with Gasteiger partial charge in [-0.05, 0) is 31.1 Å². The smallest absolute Gasteiger partial charge is 0.328 e. The third-order valence-corrected chi connectivity index (χ3v) is 3.03. The van der Waals surface area contributed by atoms with Crippen LogP contribution in [0.15, 0.2) is 30.3 Å². The number of carbonyl (C=O) groups is 2. The normalized spacial score (nSPS) is 11.6. The van der Waals surface area contributed by atoms with Crippen LogP contribution in [0.25, 0.3) is 6.08 Å². The fourth-order valence-corrected chi connectivity index (χ4v) is 1.64. The largest absolute Gasteiger partial charge is 0.478 e. The molecule has 0 aliphatic rings. The zero-order chi connectivity index (χ0) is 15.9. The SMILES string of the molecule is COC(C)(C)CC(=O)NCc1ccc(/C=C/C(=O)O)cc1. The monoisotopic (exact) mass is 291 g/mol. The van der Waals surface area contributed by atoms with Gasteiger partial charge >= 0.3 is 5.97 Å². The highest BCUT2D eigenvalue weighted by Gasteiger charge is 2.20. The van der Waals surface area contributed by atoms with Crippen molar-refractivity contribution in [3.63, 3.8) is 0 Å². The highest BCUT2D eigenvalue weighted by molar-refractivity contribution is 5.85. The average Bonchev–Trinajstić information content (AvgIpc) is 2.43. The molecule has 0 unspecified atom stereocenters. The summed E-state index contributed by atoms with van der Waals surface area (Å²) in [5.41, 5.74) is 1.27. The van der Waals surface area contributed by atoms with Crippen LogP contribution in [0.2, 0.25) is 0 Å². The van der Waals surface area contributed by atoms with Gasteiger partial charge in [0.25, 0.3) is 0 Å². The van der Waals surface area contributed by atoms with E-state index in [1.165, 1.54) is 6.08 Å². The van der Waals surface area contributed by atoms with Gasteiger partial charge in [0.05, 0.1) is 12.0 Å². The van der Waals surface area contributed by atoms with Crippen molar-refractivity contribution in [2.24, 2.45) is 0 Å². The third kappa shape index (κ3) is 6.72. The summed E-state index contributed by atoms with van der Waals surface area (Å²) in [7, 11) is 1.58. The Morgan fingerprint density at radius 2 is 1.90 bits per heavy atom. The van der Waals surface area contributed by atoms with Crippen LogP contribution in [0.5, 0.6) is 0 Å². The van der Waals surface area contributed by atoms with E-state index in [-0.39, 0.29) is 5.91 Å². The maximum atomic E-state index is 11.8. The summed E-state index contributed by atoms with van der Waals surface area (Å²) < 4.78 is 5.21. The average molecular weight is 291 g/mol. The van der Waals surface area contributed by atoms with Gasteiger partial charge in [-0.3, -0.25) is 4.79 Å². The number of hydrogen-bond acceptors (Lipinski definition) is 3. The predicted molar refractivity (Wildman–Crippen MR) is 80.7 cm³/mol. The highest BCUT2D eigenvalue weighted by atomic mass is 16.5. The molecule has 0 fully saturated rings. The van der Waals surface area contributed by atoms with Crippen LogP contribution in [-0.4, -0.2) is 29.7 Å². The van der Waals surface area contributed by atoms with Crippen LogP contribution >= 0.6 is 0 Å². The van der Waals surface area contributed by atoms with E-state index in [2.05, 4.69) is 5.32 Å². The van der Waals surface area contributed by atoms with Gasteiger partial charge in [0.1, 0.15) is 0 Å². The van der Waals surface area contributed by atoms with Crippen LogP contribution in [0, 0.1) is 0 Å². The maximum absolute atomic E-state index is 11.8. The first kappa shape index (κ1) is 16.9. The van der Waals surface area contributed by atoms with Gasteiger partial charge in [-0.2, -0.15) is 0 Å². The molecule has 0 heterocycles. The molecule has 2 N–H and O–H groups in total. The van der Waals surface area contributed by atoms with Crippen molar-refractivity contribution >= 4 is 18.0 Å². The Kier molecular flexibility index (Phi) is 6.11. The number of rotatable bonds is 7. The Labute approximate surface area is 124 Å². The van der Waals surface area contributed by atoms with Gasteiger partial charge in [0.15, 0.2) is 0 Å². The van der Waals surface area contributed by atoms with Crippen molar-refractivity contribution in [2.45, 2.75) is 32.4 Å². The first-order chi connectivity index (χ1) is 9.82. The number of carboxylic acids is 1. The lowest BCUT2D eigenvalue weighted by atomic mass is 10.0. The molecule has 5 heteroatoms. The van der Waals surface area contributed by atoms with Gasteiger partial charge in [-0.1, -0.05) is 24.3 Å². The molecule has 21 heavy (non-hydrogen) atoms. The minimum atomic E-state index is -0.980.